The van der Waals surface area contributed by atoms with Crippen LogP contribution in [0.2, 0.25) is 0 Å². The van der Waals surface area contributed by atoms with E-state index < -0.39 is 12.0 Å². The maximum Gasteiger partial charge on any atom is 0.247 e. The van der Waals surface area contributed by atoms with Crippen molar-refractivity contribution in [2.45, 2.75) is 69.6 Å². The number of hydrogen-bond acceptors (Lipinski definition) is 3. The number of rotatable bonds is 7. The lowest BCUT2D eigenvalue weighted by Crippen LogP contribution is -2.62. The van der Waals surface area contributed by atoms with Gasteiger partial charge in [0.25, 0.3) is 0 Å². The molecule has 0 saturated carbocycles. The summed E-state index contributed by atoms with van der Waals surface area (Å²) < 4.78 is 0. The average molecular weight is 484 g/mol. The Kier molecular flexibility index (Phi) is 7.60. The van der Waals surface area contributed by atoms with Crippen molar-refractivity contribution in [1.82, 2.24) is 16.0 Å². The molecule has 0 radical (unpaired) electrons. The fourth-order valence-electron chi connectivity index (χ4n) is 5.67. The van der Waals surface area contributed by atoms with Crippen LogP contribution in [-0.4, -0.2) is 28.9 Å². The minimum atomic E-state index is -0.797. The van der Waals surface area contributed by atoms with Crippen LogP contribution in [-0.2, 0) is 9.59 Å². The Balaban J connectivity index is 1.61. The highest BCUT2D eigenvalue weighted by Crippen LogP contribution is 2.30. The van der Waals surface area contributed by atoms with E-state index in [0.717, 1.165) is 29.5 Å². The van der Waals surface area contributed by atoms with Crippen molar-refractivity contribution in [3.8, 4) is 0 Å². The SMILES string of the molecule is CC1(C)CC(NC(=O)[C@@H](NC(=O)C(c2ccccc2)c2ccccc2)c2ccccc2)CC(C)(C)N1. The fraction of sp³-hybridized carbons (Fsp3) is 0.355. The molecule has 3 aromatic rings. The minimum absolute atomic E-state index is 0.00547. The smallest absolute Gasteiger partial charge is 0.247 e. The predicted molar refractivity (Wildman–Crippen MR) is 145 cm³/mol. The molecule has 1 atom stereocenters. The van der Waals surface area contributed by atoms with Gasteiger partial charge in [-0.15, -0.1) is 0 Å². The fourth-order valence-corrected chi connectivity index (χ4v) is 5.67. The van der Waals surface area contributed by atoms with Crippen molar-refractivity contribution in [2.24, 2.45) is 0 Å². The van der Waals surface area contributed by atoms with Crippen LogP contribution in [0.4, 0.5) is 0 Å². The number of nitrogens with one attached hydrogen (secondary N) is 3. The first-order chi connectivity index (χ1) is 17.1. The largest absolute Gasteiger partial charge is 0.351 e. The minimum Gasteiger partial charge on any atom is -0.351 e. The second-order valence-corrected chi connectivity index (χ2v) is 11.1. The van der Waals surface area contributed by atoms with E-state index in [4.69, 9.17) is 0 Å². The van der Waals surface area contributed by atoms with Crippen LogP contribution < -0.4 is 16.0 Å². The Labute approximate surface area is 214 Å². The number of carbonyl (C=O) groups is 2. The van der Waals surface area contributed by atoms with E-state index in [0.29, 0.717) is 0 Å². The van der Waals surface area contributed by atoms with E-state index in [-0.39, 0.29) is 28.9 Å². The van der Waals surface area contributed by atoms with Crippen LogP contribution >= 0.6 is 0 Å². The number of carbonyl (C=O) groups excluding carboxylic acids is 2. The molecule has 0 aromatic heterocycles. The third-order valence-electron chi connectivity index (χ3n) is 6.75. The van der Waals surface area contributed by atoms with E-state index in [1.165, 1.54) is 0 Å². The van der Waals surface area contributed by atoms with E-state index >= 15 is 0 Å². The second kappa shape index (κ2) is 10.7. The van der Waals surface area contributed by atoms with Gasteiger partial charge in [0.05, 0.1) is 5.92 Å². The molecule has 5 nitrogen and oxygen atoms in total. The first kappa shape index (κ1) is 25.6. The van der Waals surface area contributed by atoms with Gasteiger partial charge in [-0.1, -0.05) is 91.0 Å². The van der Waals surface area contributed by atoms with Gasteiger partial charge in [0.2, 0.25) is 11.8 Å². The Morgan fingerprint density at radius 1 is 0.694 bits per heavy atom. The summed E-state index contributed by atoms with van der Waals surface area (Å²) in [5.41, 5.74) is 2.33. The van der Waals surface area contributed by atoms with Crippen LogP contribution in [0, 0.1) is 0 Å². The molecule has 5 heteroatoms. The third kappa shape index (κ3) is 6.41. The first-order valence-corrected chi connectivity index (χ1v) is 12.7. The Morgan fingerprint density at radius 2 is 1.11 bits per heavy atom. The van der Waals surface area contributed by atoms with Gasteiger partial charge in [-0.2, -0.15) is 0 Å². The molecule has 2 amide bonds. The molecule has 0 aliphatic carbocycles. The van der Waals surface area contributed by atoms with Gasteiger partial charge < -0.3 is 16.0 Å². The molecule has 188 valence electrons. The lowest BCUT2D eigenvalue weighted by molar-refractivity contribution is -0.130. The normalized spacial score (nSPS) is 17.8. The summed E-state index contributed by atoms with van der Waals surface area (Å²) in [5, 5.41) is 10.0. The van der Waals surface area contributed by atoms with Gasteiger partial charge in [-0.25, -0.2) is 0 Å². The number of hydrogen-bond donors (Lipinski definition) is 3. The van der Waals surface area contributed by atoms with Crippen molar-refractivity contribution in [3.05, 3.63) is 108 Å². The van der Waals surface area contributed by atoms with Crippen molar-refractivity contribution < 1.29 is 9.59 Å². The molecular weight excluding hydrogens is 446 g/mol. The molecule has 0 unspecified atom stereocenters. The standard InChI is InChI=1S/C31H37N3O2/c1-30(2)20-25(21-31(3,4)34-30)32-29(36)27(24-18-12-7-13-19-24)33-28(35)26(22-14-8-5-9-15-22)23-16-10-6-11-17-23/h5-19,25-27,34H,20-21H2,1-4H3,(H,32,36)(H,33,35)/t27-/m0/s1. The number of piperidine rings is 1. The molecule has 3 N–H and O–H groups in total. The molecule has 0 bridgehead atoms. The third-order valence-corrected chi connectivity index (χ3v) is 6.75. The Hall–Kier alpha value is -3.44. The quantitative estimate of drug-likeness (QED) is 0.438. The first-order valence-electron chi connectivity index (χ1n) is 12.7. The van der Waals surface area contributed by atoms with Crippen molar-refractivity contribution >= 4 is 11.8 Å². The lowest BCUT2D eigenvalue weighted by atomic mass is 9.79. The second-order valence-electron chi connectivity index (χ2n) is 11.1. The van der Waals surface area contributed by atoms with E-state index in [9.17, 15) is 9.59 Å². The van der Waals surface area contributed by atoms with Crippen LogP contribution in [0.3, 0.4) is 0 Å². The van der Waals surface area contributed by atoms with Crippen LogP contribution in [0.5, 0.6) is 0 Å². The summed E-state index contributed by atoms with van der Waals surface area (Å²) in [6.45, 7) is 8.64. The summed E-state index contributed by atoms with van der Waals surface area (Å²) in [4.78, 5) is 27.5. The molecule has 3 aromatic carbocycles. The van der Waals surface area contributed by atoms with Crippen molar-refractivity contribution in [1.29, 1.82) is 0 Å². The van der Waals surface area contributed by atoms with Crippen molar-refractivity contribution in [3.63, 3.8) is 0 Å². The van der Waals surface area contributed by atoms with Crippen LogP contribution in [0.25, 0.3) is 0 Å². The highest BCUT2D eigenvalue weighted by atomic mass is 16.2. The lowest BCUT2D eigenvalue weighted by Gasteiger charge is -2.46. The summed E-state index contributed by atoms with van der Waals surface area (Å²) in [7, 11) is 0. The van der Waals surface area contributed by atoms with Gasteiger partial charge in [0.15, 0.2) is 0 Å². The van der Waals surface area contributed by atoms with Gasteiger partial charge >= 0.3 is 0 Å². The molecule has 4 rings (SSSR count). The summed E-state index contributed by atoms with van der Waals surface area (Å²) in [6.07, 6.45) is 1.63. The average Bonchev–Trinajstić information content (AvgIpc) is 2.82. The summed E-state index contributed by atoms with van der Waals surface area (Å²) in [6, 6.07) is 28.1. The van der Waals surface area contributed by atoms with E-state index in [1.807, 2.05) is 91.0 Å². The molecule has 1 aliphatic rings. The molecular formula is C31H37N3O2. The van der Waals surface area contributed by atoms with Gasteiger partial charge in [0, 0.05) is 17.1 Å². The van der Waals surface area contributed by atoms with Crippen LogP contribution in [0.15, 0.2) is 91.0 Å². The number of benzene rings is 3. The van der Waals surface area contributed by atoms with Gasteiger partial charge in [-0.05, 0) is 57.2 Å². The molecule has 1 saturated heterocycles. The molecule has 0 spiro atoms. The van der Waals surface area contributed by atoms with E-state index in [2.05, 4.69) is 43.6 Å². The zero-order valence-electron chi connectivity index (χ0n) is 21.6. The zero-order chi connectivity index (χ0) is 25.8. The summed E-state index contributed by atoms with van der Waals surface area (Å²) in [5.74, 6) is -0.918. The molecule has 1 aliphatic heterocycles. The Morgan fingerprint density at radius 3 is 1.56 bits per heavy atom. The highest BCUT2D eigenvalue weighted by Gasteiger charge is 2.39. The molecule has 1 heterocycles. The maximum absolute atomic E-state index is 13.8. The highest BCUT2D eigenvalue weighted by molar-refractivity contribution is 5.93. The summed E-state index contributed by atoms with van der Waals surface area (Å²) >= 11 is 0. The predicted octanol–water partition coefficient (Wildman–Crippen LogP) is 5.10. The maximum atomic E-state index is 13.8. The molecule has 36 heavy (non-hydrogen) atoms. The monoisotopic (exact) mass is 483 g/mol. The topological polar surface area (TPSA) is 70.2 Å². The molecule has 1 fully saturated rings. The van der Waals surface area contributed by atoms with E-state index in [1.54, 1.807) is 0 Å². The Bertz CT molecular complexity index is 1100. The van der Waals surface area contributed by atoms with Crippen LogP contribution in [0.1, 0.15) is 69.2 Å². The van der Waals surface area contributed by atoms with Gasteiger partial charge in [0.1, 0.15) is 6.04 Å². The van der Waals surface area contributed by atoms with Crippen molar-refractivity contribution in [2.75, 3.05) is 0 Å². The van der Waals surface area contributed by atoms with Gasteiger partial charge in [-0.3, -0.25) is 9.59 Å². The zero-order valence-corrected chi connectivity index (χ0v) is 21.6. The number of amides is 2.